The van der Waals surface area contributed by atoms with Crippen LogP contribution in [0.25, 0.3) is 0 Å². The number of nitrogens with zero attached hydrogens (tertiary/aromatic N) is 1. The van der Waals surface area contributed by atoms with Crippen LogP contribution in [0, 0.1) is 0 Å². The van der Waals surface area contributed by atoms with Gasteiger partial charge >= 0.3 is 0 Å². The van der Waals surface area contributed by atoms with Crippen LogP contribution in [0.4, 0.5) is 11.4 Å². The number of benzene rings is 2. The molecule has 1 aliphatic rings. The summed E-state index contributed by atoms with van der Waals surface area (Å²) in [5.41, 5.74) is 3.35. The van der Waals surface area contributed by atoms with E-state index >= 15 is 0 Å². The standard InChI is InChI=1S/C20H24N2O4S/c1-26-17-9-10-19-15(12-17)7-5-11-22(19)20(23)13-21-18-8-4-3-6-16(18)14-27(2,24)25/h3-4,6,8-10,12,21H,5,7,11,13-14H2,1-2H3. The van der Waals surface area contributed by atoms with Crippen molar-refractivity contribution in [1.82, 2.24) is 0 Å². The van der Waals surface area contributed by atoms with Crippen LogP contribution in [0.5, 0.6) is 5.75 Å². The number of para-hydroxylation sites is 1. The van der Waals surface area contributed by atoms with E-state index in [2.05, 4.69) is 5.32 Å². The molecule has 27 heavy (non-hydrogen) atoms. The summed E-state index contributed by atoms with van der Waals surface area (Å²) in [7, 11) is -1.52. The number of amides is 1. The molecule has 0 bridgehead atoms. The lowest BCUT2D eigenvalue weighted by atomic mass is 10.0. The molecule has 0 fully saturated rings. The number of nitrogens with one attached hydrogen (secondary N) is 1. The highest BCUT2D eigenvalue weighted by molar-refractivity contribution is 7.89. The molecule has 0 saturated heterocycles. The lowest BCUT2D eigenvalue weighted by Gasteiger charge is -2.30. The molecular weight excluding hydrogens is 364 g/mol. The number of carbonyl (C=O) groups is 1. The first-order chi connectivity index (χ1) is 12.9. The highest BCUT2D eigenvalue weighted by Crippen LogP contribution is 2.30. The summed E-state index contributed by atoms with van der Waals surface area (Å²) >= 11 is 0. The molecular formula is C20H24N2O4S. The molecule has 0 unspecified atom stereocenters. The topological polar surface area (TPSA) is 75.7 Å². The molecule has 2 aromatic carbocycles. The molecule has 0 aliphatic carbocycles. The first kappa shape index (κ1) is 19.2. The Morgan fingerprint density at radius 3 is 2.74 bits per heavy atom. The maximum Gasteiger partial charge on any atom is 0.246 e. The van der Waals surface area contributed by atoms with E-state index in [0.717, 1.165) is 29.8 Å². The Balaban J connectivity index is 1.73. The third-order valence-corrected chi connectivity index (χ3v) is 5.41. The van der Waals surface area contributed by atoms with Crippen molar-refractivity contribution in [1.29, 1.82) is 0 Å². The molecule has 0 spiro atoms. The van der Waals surface area contributed by atoms with E-state index in [-0.39, 0.29) is 18.2 Å². The minimum atomic E-state index is -3.15. The number of anilines is 2. The number of sulfone groups is 1. The summed E-state index contributed by atoms with van der Waals surface area (Å²) < 4.78 is 28.5. The zero-order valence-electron chi connectivity index (χ0n) is 15.6. The second-order valence-electron chi connectivity index (χ2n) is 6.72. The van der Waals surface area contributed by atoms with Crippen molar-refractivity contribution >= 4 is 27.1 Å². The molecule has 2 aromatic rings. The number of aryl methyl sites for hydroxylation is 1. The van der Waals surface area contributed by atoms with Gasteiger partial charge in [-0.3, -0.25) is 4.79 Å². The van der Waals surface area contributed by atoms with Gasteiger partial charge in [-0.2, -0.15) is 0 Å². The fourth-order valence-electron chi connectivity index (χ4n) is 3.33. The van der Waals surface area contributed by atoms with Crippen LogP contribution < -0.4 is 15.0 Å². The molecule has 1 N–H and O–H groups in total. The third kappa shape index (κ3) is 4.80. The molecule has 0 radical (unpaired) electrons. The molecule has 3 rings (SSSR count). The van der Waals surface area contributed by atoms with Crippen LogP contribution in [0.1, 0.15) is 17.5 Å². The Hall–Kier alpha value is -2.54. The summed E-state index contributed by atoms with van der Waals surface area (Å²) in [6.45, 7) is 0.775. The summed E-state index contributed by atoms with van der Waals surface area (Å²) in [6.07, 6.45) is 3.02. The molecule has 1 amide bonds. The summed E-state index contributed by atoms with van der Waals surface area (Å²) in [5.74, 6) is 0.683. The number of ether oxygens (including phenoxy) is 1. The average Bonchev–Trinajstić information content (AvgIpc) is 2.65. The van der Waals surface area contributed by atoms with E-state index in [1.54, 1.807) is 30.2 Å². The second kappa shape index (κ2) is 8.00. The van der Waals surface area contributed by atoms with Gasteiger partial charge in [-0.25, -0.2) is 8.42 Å². The summed E-state index contributed by atoms with van der Waals surface area (Å²) in [6, 6.07) is 12.9. The quantitative estimate of drug-likeness (QED) is 0.823. The predicted molar refractivity (Wildman–Crippen MR) is 107 cm³/mol. The lowest BCUT2D eigenvalue weighted by Crippen LogP contribution is -2.39. The highest BCUT2D eigenvalue weighted by Gasteiger charge is 2.23. The van der Waals surface area contributed by atoms with Gasteiger partial charge in [0.15, 0.2) is 9.84 Å². The number of rotatable bonds is 6. The van der Waals surface area contributed by atoms with E-state index in [1.807, 2.05) is 24.3 Å². The molecule has 144 valence electrons. The van der Waals surface area contributed by atoms with Gasteiger partial charge in [-0.15, -0.1) is 0 Å². The van der Waals surface area contributed by atoms with Crippen molar-refractivity contribution in [2.75, 3.05) is 36.7 Å². The van der Waals surface area contributed by atoms with Gasteiger partial charge in [-0.1, -0.05) is 18.2 Å². The van der Waals surface area contributed by atoms with Gasteiger partial charge in [-0.05, 0) is 48.2 Å². The summed E-state index contributed by atoms with van der Waals surface area (Å²) in [5, 5.41) is 3.11. The Bertz CT molecular complexity index is 941. The van der Waals surface area contributed by atoms with E-state index in [4.69, 9.17) is 4.74 Å². The van der Waals surface area contributed by atoms with Gasteiger partial charge in [0.05, 0.1) is 19.4 Å². The Morgan fingerprint density at radius 2 is 2.00 bits per heavy atom. The molecule has 1 heterocycles. The van der Waals surface area contributed by atoms with Crippen molar-refractivity contribution in [3.8, 4) is 5.75 Å². The molecule has 0 saturated carbocycles. The van der Waals surface area contributed by atoms with Crippen molar-refractivity contribution in [3.63, 3.8) is 0 Å². The molecule has 0 atom stereocenters. The van der Waals surface area contributed by atoms with Crippen molar-refractivity contribution < 1.29 is 17.9 Å². The number of carbonyl (C=O) groups excluding carboxylic acids is 1. The number of hydrogen-bond donors (Lipinski definition) is 1. The van der Waals surface area contributed by atoms with Gasteiger partial charge in [0.2, 0.25) is 5.91 Å². The van der Waals surface area contributed by atoms with Crippen molar-refractivity contribution in [2.45, 2.75) is 18.6 Å². The van der Waals surface area contributed by atoms with Crippen LogP contribution >= 0.6 is 0 Å². The monoisotopic (exact) mass is 388 g/mol. The Morgan fingerprint density at radius 1 is 1.22 bits per heavy atom. The maximum atomic E-state index is 12.8. The first-order valence-electron chi connectivity index (χ1n) is 8.84. The Labute approximate surface area is 160 Å². The molecule has 1 aliphatic heterocycles. The van der Waals surface area contributed by atoms with E-state index in [1.165, 1.54) is 6.26 Å². The van der Waals surface area contributed by atoms with E-state index in [0.29, 0.717) is 17.8 Å². The summed E-state index contributed by atoms with van der Waals surface area (Å²) in [4.78, 5) is 14.6. The number of fused-ring (bicyclic) bond motifs is 1. The molecule has 7 heteroatoms. The maximum absolute atomic E-state index is 12.8. The number of methoxy groups -OCH3 is 1. The highest BCUT2D eigenvalue weighted by atomic mass is 32.2. The van der Waals surface area contributed by atoms with Gasteiger partial charge in [0.25, 0.3) is 0 Å². The zero-order chi connectivity index (χ0) is 19.4. The van der Waals surface area contributed by atoms with Gasteiger partial charge < -0.3 is 15.0 Å². The van der Waals surface area contributed by atoms with E-state index in [9.17, 15) is 13.2 Å². The Kier molecular flexibility index (Phi) is 5.70. The smallest absolute Gasteiger partial charge is 0.246 e. The lowest BCUT2D eigenvalue weighted by molar-refractivity contribution is -0.117. The van der Waals surface area contributed by atoms with Crippen LogP contribution in [0.15, 0.2) is 42.5 Å². The van der Waals surface area contributed by atoms with Gasteiger partial charge in [0.1, 0.15) is 5.75 Å². The average molecular weight is 388 g/mol. The molecule has 6 nitrogen and oxygen atoms in total. The van der Waals surface area contributed by atoms with Crippen LogP contribution in [-0.2, 0) is 26.8 Å². The third-order valence-electron chi connectivity index (χ3n) is 4.57. The normalized spacial score (nSPS) is 13.8. The first-order valence-corrected chi connectivity index (χ1v) is 10.9. The SMILES string of the molecule is COc1ccc2c(c1)CCCN2C(=O)CNc1ccccc1CS(C)(=O)=O. The van der Waals surface area contributed by atoms with E-state index < -0.39 is 9.84 Å². The largest absolute Gasteiger partial charge is 0.497 e. The van der Waals surface area contributed by atoms with Crippen LogP contribution in [0.2, 0.25) is 0 Å². The second-order valence-corrected chi connectivity index (χ2v) is 8.86. The van der Waals surface area contributed by atoms with Crippen molar-refractivity contribution in [2.24, 2.45) is 0 Å². The minimum Gasteiger partial charge on any atom is -0.497 e. The predicted octanol–water partition coefficient (Wildman–Crippen LogP) is 2.63. The fraction of sp³-hybridized carbons (Fsp3) is 0.350. The molecule has 0 aromatic heterocycles. The number of hydrogen-bond acceptors (Lipinski definition) is 5. The van der Waals surface area contributed by atoms with Crippen LogP contribution in [-0.4, -0.2) is 40.8 Å². The fourth-order valence-corrected chi connectivity index (χ4v) is 4.14. The van der Waals surface area contributed by atoms with Crippen LogP contribution in [0.3, 0.4) is 0 Å². The van der Waals surface area contributed by atoms with Crippen molar-refractivity contribution in [3.05, 3.63) is 53.6 Å². The minimum absolute atomic E-state index is 0.0460. The zero-order valence-corrected chi connectivity index (χ0v) is 16.4. The van der Waals surface area contributed by atoms with Gasteiger partial charge in [0, 0.05) is 24.2 Å².